The molecule has 20 nitrogen and oxygen atoms in total. The molecular formula is C59H94N8O12. The Labute approximate surface area is 465 Å². The number of imidazole rings is 2. The molecule has 6 aliphatic carbocycles. The molecule has 15 N–H and O–H groups in total. The molecule has 2 aromatic heterocycles. The molecule has 0 radical (unpaired) electrons. The van der Waals surface area contributed by atoms with E-state index in [-0.39, 0.29) is 54.6 Å². The highest BCUT2D eigenvalue weighted by Crippen LogP contribution is 2.79. The number of carboxylic acid groups (broad SMARTS) is 1. The van der Waals surface area contributed by atoms with Gasteiger partial charge in [-0.25, -0.2) is 9.97 Å². The number of aromatic amines is 2. The maximum atomic E-state index is 15.2. The molecule has 79 heavy (non-hydrogen) atoms. The molecule has 442 valence electrons. The van der Waals surface area contributed by atoms with Crippen LogP contribution >= 0.6 is 0 Å². The van der Waals surface area contributed by atoms with Crippen molar-refractivity contribution in [1.82, 2.24) is 35.9 Å². The lowest BCUT2D eigenvalue weighted by Crippen LogP contribution is -2.73. The molecule has 0 unspecified atom stereocenters. The number of likely N-dealkylation sites (N-methyl/N-ethyl adjacent to an activating group) is 1. The SMILES string of the molecule is CNCCNC[C@H](C[C@@H](c1cnc[nH]1)[C@H]1NC(=O)C2(CCCC2)[C@@H]1C[C@H]1[C@@H](O)[C@@H](O[C@@H]2OC[C@@H](O)[C@H](O)[C@H]2O)[C@@](C)(CO)[C@H]2CC[C@]3(C)[C@H](CC=C4[C@@H]5C[C@@](C)(CO)CC[C@]5(C(=O)O)C[C@H](Cc5cnc[nH]5)[C@]43C)[C@]21C)[C@@H](N)O. The lowest BCUT2D eigenvalue weighted by molar-refractivity contribution is -0.341. The minimum atomic E-state index is -1.66. The summed E-state index contributed by atoms with van der Waals surface area (Å²) in [6.07, 6.45) is 7.69. The van der Waals surface area contributed by atoms with Crippen LogP contribution in [0.2, 0.25) is 0 Å². The van der Waals surface area contributed by atoms with Gasteiger partial charge in [0.1, 0.15) is 24.5 Å². The zero-order chi connectivity index (χ0) is 56.7. The molecule has 2 aliphatic heterocycles. The van der Waals surface area contributed by atoms with Gasteiger partial charge in [-0.2, -0.15) is 0 Å². The van der Waals surface area contributed by atoms with Gasteiger partial charge in [-0.1, -0.05) is 59.1 Å². The highest BCUT2D eigenvalue weighted by Gasteiger charge is 2.75. The zero-order valence-corrected chi connectivity index (χ0v) is 47.4. The maximum Gasteiger partial charge on any atom is 0.310 e. The Morgan fingerprint density at radius 3 is 2.29 bits per heavy atom. The Balaban J connectivity index is 1.14. The molecule has 0 bridgehead atoms. The smallest absolute Gasteiger partial charge is 0.310 e. The minimum absolute atomic E-state index is 0.0351. The lowest BCUT2D eigenvalue weighted by Gasteiger charge is -2.74. The van der Waals surface area contributed by atoms with Crippen molar-refractivity contribution in [3.63, 3.8) is 0 Å². The molecule has 5 saturated carbocycles. The van der Waals surface area contributed by atoms with Crippen molar-refractivity contribution in [1.29, 1.82) is 0 Å². The molecule has 1 amide bonds. The average Bonchev–Trinajstić information content (AvgIpc) is 2.42. The molecule has 8 aliphatic rings. The minimum Gasteiger partial charge on any atom is -0.481 e. The quantitative estimate of drug-likeness (QED) is 0.0416. The van der Waals surface area contributed by atoms with Crippen molar-refractivity contribution >= 4 is 11.9 Å². The van der Waals surface area contributed by atoms with Gasteiger partial charge in [0.2, 0.25) is 5.91 Å². The number of nitrogens with one attached hydrogen (secondary N) is 5. The highest BCUT2D eigenvalue weighted by atomic mass is 16.7. The number of rotatable bonds is 19. The summed E-state index contributed by atoms with van der Waals surface area (Å²) in [6.45, 7) is 12.1. The number of carbonyl (C=O) groups is 2. The lowest BCUT2D eigenvalue weighted by atomic mass is 9.30. The fourth-order valence-corrected chi connectivity index (χ4v) is 19.4. The molecular weight excluding hydrogens is 1010 g/mol. The number of hydrogen-bond acceptors (Lipinski definition) is 16. The van der Waals surface area contributed by atoms with Crippen LogP contribution in [0.3, 0.4) is 0 Å². The summed E-state index contributed by atoms with van der Waals surface area (Å²) in [7, 11) is 1.88. The highest BCUT2D eigenvalue weighted by molar-refractivity contribution is 5.86. The van der Waals surface area contributed by atoms with Gasteiger partial charge in [-0.05, 0) is 141 Å². The van der Waals surface area contributed by atoms with Gasteiger partial charge >= 0.3 is 5.97 Å². The molecule has 2 aromatic rings. The summed E-state index contributed by atoms with van der Waals surface area (Å²) >= 11 is 0. The topological polar surface area (TPSA) is 334 Å². The number of nitrogens with two attached hydrogens (primary N) is 1. The number of hydrogen-bond donors (Lipinski definition) is 14. The molecule has 10 rings (SSSR count). The number of carbonyl (C=O) groups excluding carboxylic acids is 1. The van der Waals surface area contributed by atoms with E-state index in [4.69, 9.17) is 15.2 Å². The normalized spacial score (nSPS) is 44.7. The van der Waals surface area contributed by atoms with Crippen LogP contribution in [0.4, 0.5) is 0 Å². The van der Waals surface area contributed by atoms with Crippen molar-refractivity contribution < 1.29 is 59.9 Å². The number of nitrogens with zero attached hydrogens (tertiary/aromatic N) is 2. The molecule has 2 saturated heterocycles. The summed E-state index contributed by atoms with van der Waals surface area (Å²) in [4.78, 5) is 44.9. The van der Waals surface area contributed by atoms with Crippen LogP contribution in [0.15, 0.2) is 36.7 Å². The Morgan fingerprint density at radius 2 is 1.65 bits per heavy atom. The molecule has 0 aromatic carbocycles. The number of aromatic nitrogens is 4. The second-order valence-corrected chi connectivity index (χ2v) is 27.6. The standard InChI is InChI=1S/C59H94N8O12/c1-53(28-68)15-16-59(52(76)77)22-33(20-34-25-63-30-65-34)57(5)36(39(59)23-53)9-10-43-55(57,3)14-11-42-54(2,29-69)48(79-50-47(73)46(72)41(70)27-78-50)45(71)38(56(42,43)4)21-37-44(67-51(75)58(37)12-7-8-13-58)35(40-26-64-31-66-40)19-32(49(60)74)24-62-18-17-61-6/h9,25-26,30-33,35,37-39,41-50,61-62,68-74H,7-8,10-24,27-29,60H2,1-6H3,(H,63,65)(H,64,66)(H,67,75)(H,76,77)/t32-,33-,35-,37+,38-,39-,41+,42+,43-,44+,45+,46-,47+,48+,49-,50-,53-,54-,55+,56-,57+,59-/m0/s1. The Bertz CT molecular complexity index is 2480. The molecule has 1 spiro atoms. The van der Waals surface area contributed by atoms with Gasteiger partial charge in [0.05, 0.1) is 48.9 Å². The van der Waals surface area contributed by atoms with E-state index in [2.05, 4.69) is 69.7 Å². The third kappa shape index (κ3) is 9.31. The van der Waals surface area contributed by atoms with Gasteiger partial charge < -0.3 is 82.0 Å². The number of ether oxygens (including phenoxy) is 2. The van der Waals surface area contributed by atoms with E-state index in [9.17, 15) is 45.6 Å². The van der Waals surface area contributed by atoms with Gasteiger partial charge in [0, 0.05) is 73.3 Å². The first-order valence-electron chi connectivity index (χ1n) is 29.7. The summed E-state index contributed by atoms with van der Waals surface area (Å²) in [5, 5.41) is 103. The number of carboxylic acids is 1. The summed E-state index contributed by atoms with van der Waals surface area (Å²) < 4.78 is 12.8. The van der Waals surface area contributed by atoms with Crippen LogP contribution in [0.1, 0.15) is 135 Å². The summed E-state index contributed by atoms with van der Waals surface area (Å²) in [6, 6.07) is -0.497. The number of aliphatic carboxylic acids is 1. The summed E-state index contributed by atoms with van der Waals surface area (Å²) in [5.74, 6) is -3.63. The van der Waals surface area contributed by atoms with Crippen molar-refractivity contribution in [3.05, 3.63) is 48.1 Å². The van der Waals surface area contributed by atoms with Crippen molar-refractivity contribution in [2.45, 2.75) is 180 Å². The number of amides is 1. The van der Waals surface area contributed by atoms with E-state index in [1.54, 1.807) is 18.9 Å². The van der Waals surface area contributed by atoms with Crippen LogP contribution in [0.5, 0.6) is 0 Å². The molecule has 4 heterocycles. The fourth-order valence-electron chi connectivity index (χ4n) is 19.4. The first kappa shape index (κ1) is 58.8. The van der Waals surface area contributed by atoms with Gasteiger partial charge in [0.25, 0.3) is 0 Å². The van der Waals surface area contributed by atoms with Crippen LogP contribution in [0.25, 0.3) is 0 Å². The number of aliphatic hydroxyl groups excluding tert-OH is 7. The predicted octanol–water partition coefficient (Wildman–Crippen LogP) is 2.69. The number of fused-ring (bicyclic) bond motifs is 7. The van der Waals surface area contributed by atoms with Crippen molar-refractivity contribution in [3.8, 4) is 0 Å². The maximum absolute atomic E-state index is 15.2. The molecule has 7 fully saturated rings. The van der Waals surface area contributed by atoms with E-state index >= 15 is 4.79 Å². The first-order chi connectivity index (χ1) is 37.5. The Kier molecular flexibility index (Phi) is 16.4. The van der Waals surface area contributed by atoms with Crippen LogP contribution < -0.4 is 21.7 Å². The molecule has 22 atom stereocenters. The van der Waals surface area contributed by atoms with E-state index in [0.717, 1.165) is 29.8 Å². The van der Waals surface area contributed by atoms with E-state index in [1.807, 2.05) is 20.2 Å². The Morgan fingerprint density at radius 1 is 0.911 bits per heavy atom. The number of aliphatic hydroxyl groups is 7. The first-order valence-corrected chi connectivity index (χ1v) is 29.7. The molecule has 20 heteroatoms. The van der Waals surface area contributed by atoms with Crippen LogP contribution in [-0.4, -0.2) is 168 Å². The van der Waals surface area contributed by atoms with Crippen molar-refractivity contribution in [2.75, 3.05) is 46.5 Å². The van der Waals surface area contributed by atoms with Crippen LogP contribution in [-0.2, 0) is 25.5 Å². The van der Waals surface area contributed by atoms with Gasteiger partial charge in [0.15, 0.2) is 6.29 Å². The van der Waals surface area contributed by atoms with E-state index < -0.39 is 111 Å². The average molecular weight is 1110 g/mol. The zero-order valence-electron chi connectivity index (χ0n) is 47.4. The van der Waals surface area contributed by atoms with Gasteiger partial charge in [-0.3, -0.25) is 9.59 Å². The Hall–Kier alpha value is -3.38. The predicted molar refractivity (Wildman–Crippen MR) is 291 cm³/mol. The number of H-pyrrole nitrogens is 2. The number of allylic oxidation sites excluding steroid dienone is 2. The van der Waals surface area contributed by atoms with E-state index in [1.165, 1.54) is 0 Å². The monoisotopic (exact) mass is 1110 g/mol. The van der Waals surface area contributed by atoms with E-state index in [0.29, 0.717) is 96.7 Å². The second-order valence-electron chi connectivity index (χ2n) is 27.6. The van der Waals surface area contributed by atoms with Gasteiger partial charge in [-0.15, -0.1) is 0 Å². The second kappa shape index (κ2) is 22.0. The van der Waals surface area contributed by atoms with Crippen LogP contribution in [0, 0.1) is 79.3 Å². The fraction of sp³-hybridized carbons (Fsp3) is 0.831. The third-order valence-corrected chi connectivity index (χ3v) is 24.0. The van der Waals surface area contributed by atoms with Crippen molar-refractivity contribution in [2.24, 2.45) is 85.1 Å². The summed E-state index contributed by atoms with van der Waals surface area (Å²) in [5.41, 5.74) is 3.83. The third-order valence-electron chi connectivity index (χ3n) is 24.0. The largest absolute Gasteiger partial charge is 0.481 e.